The van der Waals surface area contributed by atoms with E-state index in [2.05, 4.69) is 0 Å². The quantitative estimate of drug-likeness (QED) is 0.418. The van der Waals surface area contributed by atoms with Crippen LogP contribution in [0.15, 0.2) is 0 Å². The molecule has 3 heteroatoms. The summed E-state index contributed by atoms with van der Waals surface area (Å²) in [5.41, 5.74) is 0. The van der Waals surface area contributed by atoms with Gasteiger partial charge in [0.25, 0.3) is 0 Å². The molecule has 1 nitrogen and oxygen atoms in total. The highest BCUT2D eigenvalue weighted by atomic mass is 19.2. The van der Waals surface area contributed by atoms with Crippen LogP contribution in [0.3, 0.4) is 0 Å². The molecule has 1 rings (SSSR count). The zero-order valence-corrected chi connectivity index (χ0v) is 2.82. The van der Waals surface area contributed by atoms with Crippen LogP contribution in [0.1, 0.15) is 0 Å². The van der Waals surface area contributed by atoms with Gasteiger partial charge < -0.3 is 0 Å². The van der Waals surface area contributed by atoms with Gasteiger partial charge in [-0.25, -0.2) is 8.78 Å². The molecular weight excluding hydrogens is 90.0 g/mol. The van der Waals surface area contributed by atoms with Crippen molar-refractivity contribution in [3.05, 3.63) is 0 Å². The molecule has 2 unspecified atom stereocenters. The Bertz CT molecular complexity index is 80.8. The van der Waals surface area contributed by atoms with Crippen LogP contribution in [0.2, 0.25) is 0 Å². The number of carbonyl (C=O) groups excluding carboxylic acids is 1. The third-order valence-corrected chi connectivity index (χ3v) is 0.691. The predicted octanol–water partition coefficient (Wildman–Crippen LogP) is 0.245. The summed E-state index contributed by atoms with van der Waals surface area (Å²) in [6, 6.07) is 0. The molecule has 0 N–H and O–H groups in total. The highest BCUT2D eigenvalue weighted by Crippen LogP contribution is 2.22. The summed E-state index contributed by atoms with van der Waals surface area (Å²) in [5, 5.41) is 0. The van der Waals surface area contributed by atoms with Gasteiger partial charge in [0.15, 0.2) is 12.3 Å². The Balaban J connectivity index is 2.51. The lowest BCUT2D eigenvalue weighted by molar-refractivity contribution is -0.112. The van der Waals surface area contributed by atoms with E-state index in [-0.39, 0.29) is 0 Å². The van der Waals surface area contributed by atoms with Crippen LogP contribution in [0.25, 0.3) is 0 Å². The number of hydrogen-bond acceptors (Lipinski definition) is 1. The van der Waals surface area contributed by atoms with Crippen molar-refractivity contribution in [3.63, 3.8) is 0 Å². The summed E-state index contributed by atoms with van der Waals surface area (Å²) in [6.07, 6.45) is -3.57. The average Bonchev–Trinajstić information content (AvgIpc) is 1.94. The van der Waals surface area contributed by atoms with Crippen molar-refractivity contribution in [1.29, 1.82) is 0 Å². The molecule has 34 valence electrons. The Morgan fingerprint density at radius 2 is 1.50 bits per heavy atom. The summed E-state index contributed by atoms with van der Waals surface area (Å²) in [7, 11) is 0. The topological polar surface area (TPSA) is 17.1 Å². The fraction of sp³-hybridized carbons (Fsp3) is 0.667. The second-order valence-corrected chi connectivity index (χ2v) is 1.21. The van der Waals surface area contributed by atoms with E-state index < -0.39 is 18.1 Å². The van der Waals surface area contributed by atoms with Crippen molar-refractivity contribution in [2.45, 2.75) is 12.3 Å². The van der Waals surface area contributed by atoms with E-state index in [0.29, 0.717) is 0 Å². The number of rotatable bonds is 0. The maximum atomic E-state index is 11.2. The van der Waals surface area contributed by atoms with E-state index in [0.717, 1.165) is 0 Å². The minimum Gasteiger partial charge on any atom is -0.293 e. The van der Waals surface area contributed by atoms with Gasteiger partial charge in [0.2, 0.25) is 5.78 Å². The summed E-state index contributed by atoms with van der Waals surface area (Å²) in [5.74, 6) is -0.907. The third-order valence-electron chi connectivity index (χ3n) is 0.691. The maximum absolute atomic E-state index is 11.2. The first-order chi connectivity index (χ1) is 2.73. The Hall–Kier alpha value is -0.470. The second kappa shape index (κ2) is 0.776. The van der Waals surface area contributed by atoms with Crippen molar-refractivity contribution in [3.8, 4) is 0 Å². The van der Waals surface area contributed by atoms with E-state index in [9.17, 15) is 13.6 Å². The van der Waals surface area contributed by atoms with E-state index in [4.69, 9.17) is 0 Å². The lowest BCUT2D eigenvalue weighted by Crippen LogP contribution is -1.68. The van der Waals surface area contributed by atoms with Gasteiger partial charge in [0.05, 0.1) is 0 Å². The minimum absolute atomic E-state index is 0.907. The maximum Gasteiger partial charge on any atom is 0.207 e. The van der Waals surface area contributed by atoms with Crippen LogP contribution in [-0.2, 0) is 4.79 Å². The second-order valence-electron chi connectivity index (χ2n) is 1.21. The Morgan fingerprint density at radius 3 is 1.50 bits per heavy atom. The van der Waals surface area contributed by atoms with E-state index in [1.165, 1.54) is 0 Å². The van der Waals surface area contributed by atoms with Crippen LogP contribution < -0.4 is 0 Å². The molecule has 0 radical (unpaired) electrons. The zero-order chi connectivity index (χ0) is 4.73. The number of alkyl halides is 2. The van der Waals surface area contributed by atoms with E-state index >= 15 is 0 Å². The highest BCUT2D eigenvalue weighted by Gasteiger charge is 2.51. The third kappa shape index (κ3) is 0.249. The molecule has 6 heavy (non-hydrogen) atoms. The average molecular weight is 92.0 g/mol. The number of hydrogen-bond donors (Lipinski definition) is 0. The predicted molar refractivity (Wildman–Crippen MR) is 14.8 cm³/mol. The van der Waals surface area contributed by atoms with E-state index in [1.807, 2.05) is 0 Å². The SMILES string of the molecule is O=C1C(F)C1F. The van der Waals surface area contributed by atoms with Gasteiger partial charge in [0, 0.05) is 0 Å². The normalized spacial score (nSPS) is 43.3. The minimum atomic E-state index is -1.79. The first-order valence-electron chi connectivity index (χ1n) is 1.55. The van der Waals surface area contributed by atoms with Crippen LogP contribution in [-0.4, -0.2) is 18.1 Å². The largest absolute Gasteiger partial charge is 0.293 e. The van der Waals surface area contributed by atoms with Gasteiger partial charge in [-0.15, -0.1) is 0 Å². The Morgan fingerprint density at radius 1 is 1.33 bits per heavy atom. The molecule has 0 aliphatic heterocycles. The summed E-state index contributed by atoms with van der Waals surface area (Å²) in [4.78, 5) is 9.47. The number of Topliss-reactive ketones (excluding diaryl/α,β-unsaturated/α-hetero) is 1. The van der Waals surface area contributed by atoms with Crippen molar-refractivity contribution >= 4 is 5.78 Å². The molecule has 0 amide bonds. The molecule has 1 saturated carbocycles. The Kier molecular flexibility index (Phi) is 0.480. The standard InChI is InChI=1S/C3H2F2O/c4-1-2(5)3(1)6/h1-2H. The van der Waals surface area contributed by atoms with Crippen molar-refractivity contribution in [2.24, 2.45) is 0 Å². The number of ketones is 1. The van der Waals surface area contributed by atoms with Gasteiger partial charge >= 0.3 is 0 Å². The van der Waals surface area contributed by atoms with Crippen LogP contribution >= 0.6 is 0 Å². The molecule has 0 aromatic heterocycles. The molecular formula is C3H2F2O. The lowest BCUT2D eigenvalue weighted by atomic mass is 10.9. The number of halogens is 2. The van der Waals surface area contributed by atoms with Crippen LogP contribution in [0.4, 0.5) is 8.78 Å². The molecule has 0 aromatic rings. The first-order valence-corrected chi connectivity index (χ1v) is 1.55. The zero-order valence-electron chi connectivity index (χ0n) is 2.82. The van der Waals surface area contributed by atoms with Crippen LogP contribution in [0.5, 0.6) is 0 Å². The lowest BCUT2D eigenvalue weighted by Gasteiger charge is -1.56. The monoisotopic (exact) mass is 92.0 g/mol. The van der Waals surface area contributed by atoms with E-state index in [1.54, 1.807) is 0 Å². The van der Waals surface area contributed by atoms with Gasteiger partial charge in [-0.3, -0.25) is 4.79 Å². The Labute approximate surface area is 33.0 Å². The smallest absolute Gasteiger partial charge is 0.207 e. The van der Waals surface area contributed by atoms with Gasteiger partial charge in [-0.05, 0) is 0 Å². The molecule has 0 bridgehead atoms. The molecule has 0 aromatic carbocycles. The molecule has 1 aliphatic carbocycles. The molecule has 1 fully saturated rings. The van der Waals surface area contributed by atoms with Crippen molar-refractivity contribution in [1.82, 2.24) is 0 Å². The van der Waals surface area contributed by atoms with Crippen LogP contribution in [0, 0.1) is 0 Å². The van der Waals surface area contributed by atoms with Gasteiger partial charge in [0.1, 0.15) is 0 Å². The first kappa shape index (κ1) is 3.71. The van der Waals surface area contributed by atoms with Gasteiger partial charge in [-0.2, -0.15) is 0 Å². The fourth-order valence-electron chi connectivity index (χ4n) is 0.182. The molecule has 0 spiro atoms. The van der Waals surface area contributed by atoms with Crippen molar-refractivity contribution < 1.29 is 13.6 Å². The fourth-order valence-corrected chi connectivity index (χ4v) is 0.182. The summed E-state index contributed by atoms with van der Waals surface area (Å²) in [6.45, 7) is 0. The summed E-state index contributed by atoms with van der Waals surface area (Å²) < 4.78 is 22.3. The molecule has 1 aliphatic rings. The van der Waals surface area contributed by atoms with Crippen molar-refractivity contribution in [2.75, 3.05) is 0 Å². The molecule has 2 atom stereocenters. The molecule has 0 heterocycles. The highest BCUT2D eigenvalue weighted by molar-refractivity contribution is 6.04. The molecule has 0 saturated heterocycles. The number of carbonyl (C=O) groups is 1. The van der Waals surface area contributed by atoms with Gasteiger partial charge in [-0.1, -0.05) is 0 Å². The summed E-state index contributed by atoms with van der Waals surface area (Å²) >= 11 is 0.